The van der Waals surface area contributed by atoms with Gasteiger partial charge in [0.25, 0.3) is 0 Å². The van der Waals surface area contributed by atoms with Gasteiger partial charge in [0, 0.05) is 54.8 Å². The fourth-order valence-corrected chi connectivity index (χ4v) is 6.39. The van der Waals surface area contributed by atoms with Crippen molar-refractivity contribution in [1.82, 2.24) is 20.6 Å². The average molecular weight is 574 g/mol. The minimum Gasteiger partial charge on any atom is -0.371 e. The van der Waals surface area contributed by atoms with Crippen molar-refractivity contribution in [1.29, 1.82) is 0 Å². The van der Waals surface area contributed by atoms with Crippen LogP contribution in [-0.4, -0.2) is 53.1 Å². The van der Waals surface area contributed by atoms with E-state index in [9.17, 15) is 18.0 Å². The molecular formula is C30H42F3N7O. The molecule has 4 N–H and O–H groups in total. The molecule has 2 heterocycles. The zero-order chi connectivity index (χ0) is 29.0. The Labute approximate surface area is 240 Å². The molecule has 1 aliphatic heterocycles. The van der Waals surface area contributed by atoms with Gasteiger partial charge in [-0.25, -0.2) is 4.98 Å². The van der Waals surface area contributed by atoms with Gasteiger partial charge in [-0.15, -0.1) is 0 Å². The third kappa shape index (κ3) is 7.61. The summed E-state index contributed by atoms with van der Waals surface area (Å²) in [6.45, 7) is 5.71. The average Bonchev–Trinajstić information content (AvgIpc) is 3.61. The Morgan fingerprint density at radius 1 is 0.951 bits per heavy atom. The molecule has 0 spiro atoms. The molecule has 2 aromatic rings. The van der Waals surface area contributed by atoms with E-state index in [2.05, 4.69) is 36.1 Å². The highest BCUT2D eigenvalue weighted by molar-refractivity contribution is 5.80. The lowest BCUT2D eigenvalue weighted by molar-refractivity contribution is -0.137. The molecule has 3 fully saturated rings. The molecule has 0 unspecified atom stereocenters. The van der Waals surface area contributed by atoms with E-state index in [-0.39, 0.29) is 23.7 Å². The van der Waals surface area contributed by atoms with E-state index in [4.69, 9.17) is 0 Å². The number of nitrogens with zero attached hydrogens (tertiary/aromatic N) is 3. The number of anilines is 4. The first-order valence-electron chi connectivity index (χ1n) is 15.0. The van der Waals surface area contributed by atoms with Crippen LogP contribution in [0.1, 0.15) is 77.2 Å². The fraction of sp³-hybridized carbons (Fsp3) is 0.633. The van der Waals surface area contributed by atoms with Crippen molar-refractivity contribution in [2.45, 2.75) is 102 Å². The van der Waals surface area contributed by atoms with E-state index >= 15 is 0 Å². The number of nitrogens with one attached hydrogen (secondary N) is 4. The number of halogens is 3. The van der Waals surface area contributed by atoms with Crippen molar-refractivity contribution in [2.75, 3.05) is 28.6 Å². The van der Waals surface area contributed by atoms with E-state index < -0.39 is 23.7 Å². The second kappa shape index (κ2) is 12.8. The first-order chi connectivity index (χ1) is 19.7. The smallest absolute Gasteiger partial charge is 0.371 e. The minimum absolute atomic E-state index is 0.0406. The van der Waals surface area contributed by atoms with Crippen LogP contribution in [-0.2, 0) is 11.0 Å². The standard InChI is InChI=1S/C30H42F3N7O/c1-19(2)35-28(41)24-8-5-9-26(24)38-27-25(30(31,32)33)18-34-29(39-27)37-21-10-12-23(13-11-21)40-16-14-22(15-17-40)36-20-6-3-4-7-20/h10-13,18-20,22,24,26,36H,3-9,14-17H2,1-2H3,(H,35,41)(H2,34,37,38,39)/t24-,26+/m0/s1. The van der Waals surface area contributed by atoms with E-state index in [0.717, 1.165) is 44.2 Å². The van der Waals surface area contributed by atoms with E-state index in [0.29, 0.717) is 30.6 Å². The van der Waals surface area contributed by atoms with Crippen LogP contribution in [0, 0.1) is 5.92 Å². The summed E-state index contributed by atoms with van der Waals surface area (Å²) >= 11 is 0. The molecule has 5 rings (SSSR count). The van der Waals surface area contributed by atoms with Gasteiger partial charge in [0.15, 0.2) is 0 Å². The monoisotopic (exact) mass is 573 g/mol. The summed E-state index contributed by atoms with van der Waals surface area (Å²) in [4.78, 5) is 23.2. The van der Waals surface area contributed by atoms with Crippen LogP contribution in [0.15, 0.2) is 30.5 Å². The molecule has 11 heteroatoms. The number of carbonyl (C=O) groups is 1. The first kappa shape index (κ1) is 29.4. The molecule has 1 saturated heterocycles. The van der Waals surface area contributed by atoms with Crippen LogP contribution < -0.4 is 26.2 Å². The normalized spacial score (nSPS) is 22.3. The Kier molecular flexibility index (Phi) is 9.21. The zero-order valence-corrected chi connectivity index (χ0v) is 23.9. The molecule has 224 valence electrons. The molecule has 1 aromatic heterocycles. The minimum atomic E-state index is -4.63. The summed E-state index contributed by atoms with van der Waals surface area (Å²) in [5.41, 5.74) is 0.865. The highest BCUT2D eigenvalue weighted by Crippen LogP contribution is 2.37. The number of alkyl halides is 3. The number of hydrogen-bond acceptors (Lipinski definition) is 7. The molecule has 41 heavy (non-hydrogen) atoms. The van der Waals surface area contributed by atoms with Gasteiger partial charge in [-0.1, -0.05) is 19.3 Å². The lowest BCUT2D eigenvalue weighted by Crippen LogP contribution is -2.45. The largest absolute Gasteiger partial charge is 0.421 e. The number of benzene rings is 1. The van der Waals surface area contributed by atoms with Crippen molar-refractivity contribution in [3.63, 3.8) is 0 Å². The molecule has 1 aromatic carbocycles. The number of aromatic nitrogens is 2. The quantitative estimate of drug-likeness (QED) is 0.299. The van der Waals surface area contributed by atoms with Crippen LogP contribution in [0.3, 0.4) is 0 Å². The van der Waals surface area contributed by atoms with E-state index in [1.807, 2.05) is 38.1 Å². The summed E-state index contributed by atoms with van der Waals surface area (Å²) < 4.78 is 41.5. The van der Waals surface area contributed by atoms with Crippen LogP contribution >= 0.6 is 0 Å². The summed E-state index contributed by atoms with van der Waals surface area (Å²) in [5, 5.41) is 12.7. The van der Waals surface area contributed by atoms with Crippen molar-refractivity contribution in [3.8, 4) is 0 Å². The van der Waals surface area contributed by atoms with Crippen molar-refractivity contribution in [2.24, 2.45) is 5.92 Å². The Hall–Kier alpha value is -3.08. The topological polar surface area (TPSA) is 94.2 Å². The third-order valence-corrected chi connectivity index (χ3v) is 8.51. The van der Waals surface area contributed by atoms with E-state index in [1.165, 1.54) is 25.7 Å². The number of amides is 1. The molecule has 8 nitrogen and oxygen atoms in total. The Morgan fingerprint density at radius 3 is 2.29 bits per heavy atom. The predicted molar refractivity (Wildman–Crippen MR) is 155 cm³/mol. The molecule has 2 atom stereocenters. The summed E-state index contributed by atoms with van der Waals surface area (Å²) in [6.07, 6.45) is 5.65. The molecular weight excluding hydrogens is 531 g/mol. The summed E-state index contributed by atoms with van der Waals surface area (Å²) in [7, 11) is 0. The Morgan fingerprint density at radius 2 is 1.63 bits per heavy atom. The second-order valence-corrected chi connectivity index (χ2v) is 12.0. The predicted octanol–water partition coefficient (Wildman–Crippen LogP) is 5.85. The zero-order valence-electron chi connectivity index (χ0n) is 23.9. The molecule has 3 aliphatic rings. The van der Waals surface area contributed by atoms with Crippen molar-refractivity contribution >= 4 is 29.0 Å². The maximum Gasteiger partial charge on any atom is 0.421 e. The summed E-state index contributed by atoms with van der Waals surface area (Å²) in [6, 6.07) is 8.63. The van der Waals surface area contributed by atoms with Gasteiger partial charge < -0.3 is 26.2 Å². The third-order valence-electron chi connectivity index (χ3n) is 8.51. The van der Waals surface area contributed by atoms with Crippen LogP contribution in [0.2, 0.25) is 0 Å². The Bertz CT molecular complexity index is 1160. The second-order valence-electron chi connectivity index (χ2n) is 12.0. The maximum atomic E-state index is 13.8. The lowest BCUT2D eigenvalue weighted by atomic mass is 10.0. The fourth-order valence-electron chi connectivity index (χ4n) is 6.39. The molecule has 2 aliphatic carbocycles. The van der Waals surface area contributed by atoms with E-state index in [1.54, 1.807) is 0 Å². The number of rotatable bonds is 9. The highest BCUT2D eigenvalue weighted by atomic mass is 19.4. The van der Waals surface area contributed by atoms with Crippen LogP contribution in [0.4, 0.5) is 36.3 Å². The highest BCUT2D eigenvalue weighted by Gasteiger charge is 2.39. The number of hydrogen-bond donors (Lipinski definition) is 4. The van der Waals surface area contributed by atoms with Gasteiger partial charge in [-0.2, -0.15) is 18.2 Å². The number of carbonyl (C=O) groups excluding carboxylic acids is 1. The van der Waals surface area contributed by atoms with Gasteiger partial charge in [-0.3, -0.25) is 4.79 Å². The van der Waals surface area contributed by atoms with Gasteiger partial charge in [0.1, 0.15) is 11.4 Å². The van der Waals surface area contributed by atoms with Crippen molar-refractivity contribution in [3.05, 3.63) is 36.0 Å². The lowest BCUT2D eigenvalue weighted by Gasteiger charge is -2.35. The SMILES string of the molecule is CC(C)NC(=O)[C@H]1CCC[C@H]1Nc1nc(Nc2ccc(N3CCC(NC4CCCC4)CC3)cc2)ncc1C(F)(F)F. The maximum absolute atomic E-state index is 13.8. The Balaban J connectivity index is 1.22. The molecule has 1 amide bonds. The van der Waals surface area contributed by atoms with Gasteiger partial charge in [0.2, 0.25) is 11.9 Å². The summed E-state index contributed by atoms with van der Waals surface area (Å²) in [5.74, 6) is -0.811. The van der Waals surface area contributed by atoms with Gasteiger partial charge in [-0.05, 0) is 76.6 Å². The van der Waals surface area contributed by atoms with Crippen molar-refractivity contribution < 1.29 is 18.0 Å². The molecule has 2 saturated carbocycles. The first-order valence-corrected chi connectivity index (χ1v) is 15.0. The van der Waals surface area contributed by atoms with Crippen LogP contribution in [0.25, 0.3) is 0 Å². The number of piperidine rings is 1. The molecule has 0 radical (unpaired) electrons. The van der Waals surface area contributed by atoms with Crippen LogP contribution in [0.5, 0.6) is 0 Å². The van der Waals surface area contributed by atoms with Gasteiger partial charge in [0.05, 0.1) is 5.92 Å². The van der Waals surface area contributed by atoms with Gasteiger partial charge >= 0.3 is 6.18 Å². The molecule has 0 bridgehead atoms.